The number of hydrogen-bond acceptors (Lipinski definition) is 3. The Bertz CT molecular complexity index is 593. The largest absolute Gasteiger partial charge is 0.314 e. The van der Waals surface area contributed by atoms with Gasteiger partial charge in [0.15, 0.2) is 0 Å². The zero-order valence-corrected chi connectivity index (χ0v) is 13.6. The Kier molecular flexibility index (Phi) is 4.66. The smallest absolute Gasteiger partial charge is 0.0521 e. The summed E-state index contributed by atoms with van der Waals surface area (Å²) in [5, 5.41) is 7.97. The summed E-state index contributed by atoms with van der Waals surface area (Å²) in [5.41, 5.74) is 2.86. The van der Waals surface area contributed by atoms with E-state index in [0.717, 1.165) is 13.0 Å². The summed E-state index contributed by atoms with van der Waals surface area (Å²) in [4.78, 5) is 1.46. The summed E-state index contributed by atoms with van der Waals surface area (Å²) in [6.07, 6.45) is 6.37. The molecule has 0 saturated heterocycles. The van der Waals surface area contributed by atoms with Crippen LogP contribution in [0.2, 0.25) is 0 Å². The number of likely N-dealkylation sites (N-methyl/N-ethyl adjacent to an activating group) is 1. The van der Waals surface area contributed by atoms with Crippen LogP contribution < -0.4 is 5.32 Å². The fourth-order valence-electron chi connectivity index (χ4n) is 3.15. The first-order valence-corrected chi connectivity index (χ1v) is 8.69. The van der Waals surface area contributed by atoms with Gasteiger partial charge >= 0.3 is 0 Å². The van der Waals surface area contributed by atoms with E-state index in [-0.39, 0.29) is 0 Å². The lowest BCUT2D eigenvalue weighted by Gasteiger charge is -2.24. The molecule has 0 saturated carbocycles. The third-order valence-corrected chi connectivity index (χ3v) is 5.40. The molecule has 0 amide bonds. The third kappa shape index (κ3) is 3.33. The van der Waals surface area contributed by atoms with E-state index in [0.29, 0.717) is 12.0 Å². The highest BCUT2D eigenvalue weighted by atomic mass is 32.2. The predicted molar refractivity (Wildman–Crippen MR) is 88.9 cm³/mol. The third-order valence-electron chi connectivity index (χ3n) is 4.19. The molecule has 1 aliphatic rings. The van der Waals surface area contributed by atoms with E-state index in [4.69, 9.17) is 0 Å². The van der Waals surface area contributed by atoms with Crippen molar-refractivity contribution in [2.45, 2.75) is 36.6 Å². The summed E-state index contributed by atoms with van der Waals surface area (Å²) >= 11 is 2.00. The number of aryl methyl sites for hydroxylation is 2. The SMILES string of the molecule is CCNC(CCc1cnn(C)c1)C1CSc2ccccc21. The van der Waals surface area contributed by atoms with Gasteiger partial charge < -0.3 is 5.32 Å². The van der Waals surface area contributed by atoms with E-state index < -0.39 is 0 Å². The molecule has 2 unspecified atom stereocenters. The Morgan fingerprint density at radius 3 is 3.05 bits per heavy atom. The second kappa shape index (κ2) is 6.67. The van der Waals surface area contributed by atoms with E-state index >= 15 is 0 Å². The fourth-order valence-corrected chi connectivity index (χ4v) is 4.48. The Labute approximate surface area is 131 Å². The van der Waals surface area contributed by atoms with Crippen LogP contribution in [-0.4, -0.2) is 28.1 Å². The van der Waals surface area contributed by atoms with Crippen LogP contribution in [0.25, 0.3) is 0 Å². The first-order valence-electron chi connectivity index (χ1n) is 7.70. The highest BCUT2D eigenvalue weighted by molar-refractivity contribution is 7.99. The van der Waals surface area contributed by atoms with E-state index in [1.807, 2.05) is 29.7 Å². The summed E-state index contributed by atoms with van der Waals surface area (Å²) in [6.45, 7) is 3.23. The van der Waals surface area contributed by atoms with Crippen LogP contribution in [0.5, 0.6) is 0 Å². The molecule has 0 spiro atoms. The Balaban J connectivity index is 1.70. The molecule has 0 bridgehead atoms. The molecule has 0 fully saturated rings. The van der Waals surface area contributed by atoms with Crippen molar-refractivity contribution in [1.29, 1.82) is 0 Å². The van der Waals surface area contributed by atoms with Crippen molar-refractivity contribution >= 4 is 11.8 Å². The molecule has 0 radical (unpaired) electrons. The number of fused-ring (bicyclic) bond motifs is 1. The number of hydrogen-bond donors (Lipinski definition) is 1. The number of nitrogens with one attached hydrogen (secondary N) is 1. The molecule has 3 rings (SSSR count). The van der Waals surface area contributed by atoms with Crippen LogP contribution in [-0.2, 0) is 13.5 Å². The van der Waals surface area contributed by atoms with Gasteiger partial charge in [0.25, 0.3) is 0 Å². The van der Waals surface area contributed by atoms with Crippen molar-refractivity contribution in [3.05, 3.63) is 47.8 Å². The van der Waals surface area contributed by atoms with Gasteiger partial charge in [0.1, 0.15) is 0 Å². The lowest BCUT2D eigenvalue weighted by Crippen LogP contribution is -2.35. The highest BCUT2D eigenvalue weighted by Gasteiger charge is 2.29. The van der Waals surface area contributed by atoms with Crippen LogP contribution >= 0.6 is 11.8 Å². The maximum atomic E-state index is 4.27. The highest BCUT2D eigenvalue weighted by Crippen LogP contribution is 2.41. The quantitative estimate of drug-likeness (QED) is 0.888. The number of rotatable bonds is 6. The van der Waals surface area contributed by atoms with Gasteiger partial charge in [0, 0.05) is 35.9 Å². The molecule has 1 aromatic heterocycles. The second-order valence-electron chi connectivity index (χ2n) is 5.68. The molecule has 112 valence electrons. The van der Waals surface area contributed by atoms with Gasteiger partial charge in [-0.25, -0.2) is 0 Å². The molecule has 0 aliphatic carbocycles. The topological polar surface area (TPSA) is 29.9 Å². The number of aromatic nitrogens is 2. The summed E-state index contributed by atoms with van der Waals surface area (Å²) in [7, 11) is 1.98. The molecule has 2 heterocycles. The average Bonchev–Trinajstić information content (AvgIpc) is 3.10. The van der Waals surface area contributed by atoms with E-state index in [9.17, 15) is 0 Å². The van der Waals surface area contributed by atoms with Crippen molar-refractivity contribution < 1.29 is 0 Å². The average molecular weight is 301 g/mol. The molecule has 2 aromatic rings. The monoisotopic (exact) mass is 301 g/mol. The first-order chi connectivity index (χ1) is 10.3. The van der Waals surface area contributed by atoms with Gasteiger partial charge in [-0.05, 0) is 36.6 Å². The van der Waals surface area contributed by atoms with Gasteiger partial charge in [0.05, 0.1) is 6.20 Å². The van der Waals surface area contributed by atoms with E-state index in [1.165, 1.54) is 28.2 Å². The minimum absolute atomic E-state index is 0.548. The minimum atomic E-state index is 0.548. The standard InChI is InChI=1S/C17H23N3S/c1-3-18-16(9-8-13-10-19-20(2)11-13)15-12-21-17-7-5-4-6-14(15)17/h4-7,10-11,15-16,18H,3,8-9,12H2,1-2H3. The molecule has 21 heavy (non-hydrogen) atoms. The van der Waals surface area contributed by atoms with Crippen LogP contribution in [0.1, 0.15) is 30.4 Å². The van der Waals surface area contributed by atoms with Gasteiger partial charge in [-0.15, -0.1) is 11.8 Å². The molecule has 1 aromatic carbocycles. The van der Waals surface area contributed by atoms with Crippen molar-refractivity contribution in [2.75, 3.05) is 12.3 Å². The van der Waals surface area contributed by atoms with Crippen LogP contribution in [0.4, 0.5) is 0 Å². The maximum Gasteiger partial charge on any atom is 0.0521 e. The molecular weight excluding hydrogens is 278 g/mol. The van der Waals surface area contributed by atoms with Crippen LogP contribution in [0, 0.1) is 0 Å². The number of nitrogens with zero attached hydrogens (tertiary/aromatic N) is 2. The lowest BCUT2D eigenvalue weighted by atomic mass is 9.89. The van der Waals surface area contributed by atoms with Crippen molar-refractivity contribution in [3.8, 4) is 0 Å². The molecule has 1 N–H and O–H groups in total. The number of benzene rings is 1. The Morgan fingerprint density at radius 2 is 2.29 bits per heavy atom. The lowest BCUT2D eigenvalue weighted by molar-refractivity contribution is 0.438. The number of thioether (sulfide) groups is 1. The Hall–Kier alpha value is -1.26. The van der Waals surface area contributed by atoms with Crippen molar-refractivity contribution in [2.24, 2.45) is 7.05 Å². The summed E-state index contributed by atoms with van der Waals surface area (Å²) in [5.74, 6) is 1.83. The molecule has 2 atom stereocenters. The van der Waals surface area contributed by atoms with E-state index in [2.05, 4.69) is 47.8 Å². The van der Waals surface area contributed by atoms with Crippen molar-refractivity contribution in [1.82, 2.24) is 15.1 Å². The predicted octanol–water partition coefficient (Wildman–Crippen LogP) is 3.22. The maximum absolute atomic E-state index is 4.27. The van der Waals surface area contributed by atoms with Crippen LogP contribution in [0.3, 0.4) is 0 Å². The molecule has 1 aliphatic heterocycles. The van der Waals surface area contributed by atoms with E-state index in [1.54, 1.807) is 0 Å². The molecule has 4 heteroatoms. The van der Waals surface area contributed by atoms with Gasteiger partial charge in [-0.2, -0.15) is 5.10 Å². The summed E-state index contributed by atoms with van der Waals surface area (Å²) in [6, 6.07) is 9.42. The normalized spacial score (nSPS) is 18.7. The van der Waals surface area contributed by atoms with Crippen molar-refractivity contribution in [3.63, 3.8) is 0 Å². The summed E-state index contributed by atoms with van der Waals surface area (Å²) < 4.78 is 1.89. The fraction of sp³-hybridized carbons (Fsp3) is 0.471. The second-order valence-corrected chi connectivity index (χ2v) is 6.74. The van der Waals surface area contributed by atoms with Gasteiger partial charge in [-0.1, -0.05) is 25.1 Å². The zero-order chi connectivity index (χ0) is 14.7. The van der Waals surface area contributed by atoms with Gasteiger partial charge in [-0.3, -0.25) is 4.68 Å². The van der Waals surface area contributed by atoms with Gasteiger partial charge in [0.2, 0.25) is 0 Å². The zero-order valence-electron chi connectivity index (χ0n) is 12.7. The van der Waals surface area contributed by atoms with Crippen LogP contribution in [0.15, 0.2) is 41.6 Å². The first kappa shape index (κ1) is 14.7. The molecule has 3 nitrogen and oxygen atoms in total. The molecular formula is C17H23N3S. The Morgan fingerprint density at radius 1 is 1.43 bits per heavy atom. The minimum Gasteiger partial charge on any atom is -0.314 e.